The zero-order chi connectivity index (χ0) is 23.8. The molecule has 2 aromatic rings. The smallest absolute Gasteiger partial charge is 0.430 e. The number of hydrogen-bond donors (Lipinski definition) is 2. The van der Waals surface area contributed by atoms with Crippen LogP contribution in [0.3, 0.4) is 0 Å². The minimum atomic E-state index is -6.26. The topological polar surface area (TPSA) is 79.7 Å². The number of thiazole rings is 1. The van der Waals surface area contributed by atoms with Crippen molar-refractivity contribution < 1.29 is 54.9 Å². The highest BCUT2D eigenvalue weighted by atomic mass is 32.1. The van der Waals surface area contributed by atoms with Gasteiger partial charge in [-0.15, -0.1) is 11.3 Å². The molecule has 0 aliphatic heterocycles. The number of aromatic nitrogens is 1. The fraction of sp³-hybridized carbons (Fsp3) is 0.412. The standard InChI is InChI=1S/C17H13F8NO4S/c1-2-30-14(28)13-26-10(6-27)11(31-13)8-4-3-7(5-9(8)12(18)19)15(29,16(20,21)22)17(23,24)25/h3-5,12,27,29H,2,6H2,1H3. The first-order chi connectivity index (χ1) is 14.2. The van der Waals surface area contributed by atoms with E-state index in [1.807, 2.05) is 0 Å². The third kappa shape index (κ3) is 4.50. The van der Waals surface area contributed by atoms with Crippen LogP contribution < -0.4 is 0 Å². The lowest BCUT2D eigenvalue weighted by atomic mass is 9.89. The van der Waals surface area contributed by atoms with Crippen molar-refractivity contribution in [3.63, 3.8) is 0 Å². The van der Waals surface area contributed by atoms with Crippen molar-refractivity contribution >= 4 is 17.3 Å². The van der Waals surface area contributed by atoms with Crippen LogP contribution >= 0.6 is 11.3 Å². The van der Waals surface area contributed by atoms with Crippen molar-refractivity contribution in [1.29, 1.82) is 0 Å². The highest BCUT2D eigenvalue weighted by Crippen LogP contribution is 2.51. The summed E-state index contributed by atoms with van der Waals surface area (Å²) in [5, 5.41) is 18.5. The second-order valence-corrected chi connectivity index (χ2v) is 6.98. The summed E-state index contributed by atoms with van der Waals surface area (Å²) < 4.78 is 110. The van der Waals surface area contributed by atoms with Crippen molar-refractivity contribution in [2.45, 2.75) is 37.9 Å². The molecular formula is C17H13F8NO4S. The molecule has 0 saturated carbocycles. The van der Waals surface area contributed by atoms with E-state index in [1.54, 1.807) is 0 Å². The molecule has 1 heterocycles. The Bertz CT molecular complexity index is 941. The van der Waals surface area contributed by atoms with E-state index in [4.69, 9.17) is 0 Å². The van der Waals surface area contributed by atoms with Gasteiger partial charge in [-0.1, -0.05) is 12.1 Å². The molecule has 0 aliphatic rings. The molecule has 0 radical (unpaired) electrons. The van der Waals surface area contributed by atoms with Crippen LogP contribution in [0.15, 0.2) is 18.2 Å². The largest absolute Gasteiger partial charge is 0.461 e. The summed E-state index contributed by atoms with van der Waals surface area (Å²) in [6.07, 6.45) is -16.1. The molecule has 0 aliphatic carbocycles. The van der Waals surface area contributed by atoms with Crippen LogP contribution in [0.25, 0.3) is 10.4 Å². The van der Waals surface area contributed by atoms with Gasteiger partial charge in [-0.25, -0.2) is 18.6 Å². The summed E-state index contributed by atoms with van der Waals surface area (Å²) in [4.78, 5) is 15.2. The van der Waals surface area contributed by atoms with Gasteiger partial charge in [0.1, 0.15) is 0 Å². The van der Waals surface area contributed by atoms with Crippen molar-refractivity contribution in [2.24, 2.45) is 0 Å². The van der Waals surface area contributed by atoms with E-state index in [2.05, 4.69) is 9.72 Å². The first-order valence-corrected chi connectivity index (χ1v) is 9.07. The first-order valence-electron chi connectivity index (χ1n) is 8.25. The van der Waals surface area contributed by atoms with E-state index in [0.29, 0.717) is 17.4 Å². The Balaban J connectivity index is 2.73. The lowest BCUT2D eigenvalue weighted by Gasteiger charge is -2.33. The number of halogens is 8. The molecular weight excluding hydrogens is 466 g/mol. The number of aliphatic hydroxyl groups is 2. The van der Waals surface area contributed by atoms with Gasteiger partial charge in [-0.05, 0) is 13.0 Å². The fourth-order valence-corrected chi connectivity index (χ4v) is 3.63. The maximum atomic E-state index is 13.6. The molecule has 1 aromatic heterocycles. The van der Waals surface area contributed by atoms with E-state index in [-0.39, 0.29) is 34.3 Å². The lowest BCUT2D eigenvalue weighted by Crippen LogP contribution is -2.54. The predicted octanol–water partition coefficient (Wildman–Crippen LogP) is 4.73. The molecule has 2 N–H and O–H groups in total. The number of nitrogens with zero attached hydrogens (tertiary/aromatic N) is 1. The molecule has 0 unspecified atom stereocenters. The van der Waals surface area contributed by atoms with Gasteiger partial charge in [0.05, 0.1) is 23.8 Å². The first kappa shape index (κ1) is 24.9. The summed E-state index contributed by atoms with van der Waals surface area (Å²) in [5.74, 6) is -0.966. The van der Waals surface area contributed by atoms with Crippen LogP contribution in [0.5, 0.6) is 0 Å². The van der Waals surface area contributed by atoms with Crippen LogP contribution in [-0.2, 0) is 16.9 Å². The summed E-state index contributed by atoms with van der Waals surface area (Å²) >= 11 is 0.455. The van der Waals surface area contributed by atoms with E-state index < -0.39 is 53.6 Å². The Hall–Kier alpha value is -2.32. The SMILES string of the molecule is CCOC(=O)c1nc(CO)c(-c2ccc(C(O)(C(F)(F)F)C(F)(F)F)cc2C(F)F)s1. The van der Waals surface area contributed by atoms with Crippen LogP contribution in [-0.4, -0.2) is 40.1 Å². The third-order valence-corrected chi connectivity index (χ3v) is 5.18. The Labute approximate surface area is 172 Å². The maximum Gasteiger partial charge on any atom is 0.430 e. The van der Waals surface area contributed by atoms with E-state index >= 15 is 0 Å². The number of aliphatic hydroxyl groups excluding tert-OH is 1. The second kappa shape index (κ2) is 8.67. The average Bonchev–Trinajstić information content (AvgIpc) is 3.09. The van der Waals surface area contributed by atoms with Crippen LogP contribution in [0.2, 0.25) is 0 Å². The Morgan fingerprint density at radius 3 is 2.19 bits per heavy atom. The fourth-order valence-electron chi connectivity index (χ4n) is 2.61. The molecule has 0 bridgehead atoms. The summed E-state index contributed by atoms with van der Waals surface area (Å²) in [5.41, 5.74) is -9.44. The van der Waals surface area contributed by atoms with Gasteiger partial charge in [-0.3, -0.25) is 0 Å². The van der Waals surface area contributed by atoms with Crippen molar-refractivity contribution in [1.82, 2.24) is 4.98 Å². The van der Waals surface area contributed by atoms with Crippen LogP contribution in [0, 0.1) is 0 Å². The predicted molar refractivity (Wildman–Crippen MR) is 90.4 cm³/mol. The highest BCUT2D eigenvalue weighted by Gasteiger charge is 2.71. The number of carbonyl (C=O) groups excluding carboxylic acids is 1. The molecule has 0 spiro atoms. The third-order valence-electron chi connectivity index (χ3n) is 4.07. The second-order valence-electron chi connectivity index (χ2n) is 5.98. The van der Waals surface area contributed by atoms with Crippen molar-refractivity contribution in [3.8, 4) is 10.4 Å². The Kier molecular flexibility index (Phi) is 6.97. The molecule has 0 atom stereocenters. The molecule has 31 heavy (non-hydrogen) atoms. The average molecular weight is 479 g/mol. The molecule has 2 rings (SSSR count). The van der Waals surface area contributed by atoms with Gasteiger partial charge in [0, 0.05) is 16.7 Å². The van der Waals surface area contributed by atoms with Gasteiger partial charge in [0.2, 0.25) is 5.01 Å². The monoisotopic (exact) mass is 479 g/mol. The molecule has 1 aromatic carbocycles. The molecule has 14 heteroatoms. The van der Waals surface area contributed by atoms with Gasteiger partial charge < -0.3 is 14.9 Å². The van der Waals surface area contributed by atoms with Gasteiger partial charge in [0.15, 0.2) is 0 Å². The number of hydrogen-bond acceptors (Lipinski definition) is 6. The van der Waals surface area contributed by atoms with Crippen LogP contribution in [0.4, 0.5) is 35.1 Å². The molecule has 0 fully saturated rings. The minimum Gasteiger partial charge on any atom is -0.461 e. The highest BCUT2D eigenvalue weighted by molar-refractivity contribution is 7.17. The number of benzene rings is 1. The van der Waals surface area contributed by atoms with E-state index in [0.717, 1.165) is 0 Å². The van der Waals surface area contributed by atoms with Crippen molar-refractivity contribution in [3.05, 3.63) is 40.0 Å². The van der Waals surface area contributed by atoms with Crippen molar-refractivity contribution in [2.75, 3.05) is 6.61 Å². The number of esters is 1. The zero-order valence-electron chi connectivity index (χ0n) is 15.3. The Morgan fingerprint density at radius 1 is 1.16 bits per heavy atom. The summed E-state index contributed by atoms with van der Waals surface area (Å²) in [6.45, 7) is 0.535. The maximum absolute atomic E-state index is 13.6. The molecule has 5 nitrogen and oxygen atoms in total. The molecule has 172 valence electrons. The summed E-state index contributed by atoms with van der Waals surface area (Å²) in [7, 11) is 0. The summed E-state index contributed by atoms with van der Waals surface area (Å²) in [6, 6.07) is 0.569. The quantitative estimate of drug-likeness (QED) is 0.463. The molecule has 0 amide bonds. The lowest BCUT2D eigenvalue weighted by molar-refractivity contribution is -0.376. The molecule has 0 saturated heterocycles. The Morgan fingerprint density at radius 2 is 1.74 bits per heavy atom. The van der Waals surface area contributed by atoms with Crippen LogP contribution in [0.1, 0.15) is 40.0 Å². The number of rotatable bonds is 6. The van der Waals surface area contributed by atoms with Gasteiger partial charge in [0.25, 0.3) is 12.0 Å². The minimum absolute atomic E-state index is 0.0628. The van der Waals surface area contributed by atoms with Gasteiger partial charge >= 0.3 is 18.3 Å². The van der Waals surface area contributed by atoms with E-state index in [9.17, 15) is 50.1 Å². The number of alkyl halides is 8. The zero-order valence-corrected chi connectivity index (χ0v) is 16.1. The number of carbonyl (C=O) groups is 1. The normalized spacial score (nSPS) is 13.0. The number of ether oxygens (including phenoxy) is 1. The van der Waals surface area contributed by atoms with E-state index in [1.165, 1.54) is 6.92 Å². The van der Waals surface area contributed by atoms with Gasteiger partial charge in [-0.2, -0.15) is 26.3 Å².